The largest absolute Gasteiger partial charge is 0.528 e. The lowest BCUT2D eigenvalue weighted by molar-refractivity contribution is -0.151. The molecule has 0 aliphatic carbocycles. The molecule has 3 aromatic rings. The molecule has 0 atom stereocenters. The first kappa shape index (κ1) is 33.8. The first-order valence-electron chi connectivity index (χ1n) is 16.5. The molecule has 0 radical (unpaired) electrons. The Kier molecular flexibility index (Phi) is 9.45. The highest BCUT2D eigenvalue weighted by molar-refractivity contribution is 5.99. The topological polar surface area (TPSA) is 89.4 Å². The lowest BCUT2D eigenvalue weighted by atomic mass is 9.99. The van der Waals surface area contributed by atoms with Gasteiger partial charge in [-0.05, 0) is 77.3 Å². The smallest absolute Gasteiger partial charge is 0.482 e. The summed E-state index contributed by atoms with van der Waals surface area (Å²) in [6, 6.07) is 11.0. The van der Waals surface area contributed by atoms with Crippen molar-refractivity contribution in [1.82, 2.24) is 19.7 Å². The molecule has 0 spiro atoms. The summed E-state index contributed by atoms with van der Waals surface area (Å²) in [6.07, 6.45) is -2.15. The van der Waals surface area contributed by atoms with Gasteiger partial charge in [0.05, 0.1) is 23.5 Å². The van der Waals surface area contributed by atoms with Crippen LogP contribution in [-0.4, -0.2) is 76.2 Å². The number of anilines is 1. The zero-order valence-corrected chi connectivity index (χ0v) is 27.8. The fourth-order valence-electron chi connectivity index (χ4n) is 6.77. The number of hydrogen-bond donors (Lipinski definition) is 0. The number of rotatable bonds is 7. The number of hydroxylamine groups is 2. The van der Waals surface area contributed by atoms with E-state index < -0.39 is 23.5 Å². The van der Waals surface area contributed by atoms with Crippen molar-refractivity contribution in [2.75, 3.05) is 37.7 Å². The minimum absolute atomic E-state index is 0.00221. The van der Waals surface area contributed by atoms with E-state index in [-0.39, 0.29) is 25.1 Å². The molecule has 6 rings (SSSR count). The summed E-state index contributed by atoms with van der Waals surface area (Å²) in [4.78, 5) is 35.1. The SMILES string of the molecule is Cc1cccc2c1N(C1CCN(CCCn3nc(-c4ccc(C(F)(F)F)cc4)c4c3CCN(OC(=O)OC(C)(C)C)C4)CC1)C(=O)CO2. The predicted octanol–water partition coefficient (Wildman–Crippen LogP) is 6.38. The number of aryl methyl sites for hydroxylation is 2. The van der Waals surface area contributed by atoms with Crippen LogP contribution in [0.3, 0.4) is 0 Å². The van der Waals surface area contributed by atoms with Gasteiger partial charge in [-0.2, -0.15) is 18.3 Å². The number of carbonyl (C=O) groups is 2. The van der Waals surface area contributed by atoms with E-state index in [1.54, 1.807) is 20.8 Å². The van der Waals surface area contributed by atoms with E-state index in [0.717, 1.165) is 79.3 Å². The number of benzene rings is 2. The van der Waals surface area contributed by atoms with Gasteiger partial charge in [-0.3, -0.25) is 9.48 Å². The number of halogens is 3. The van der Waals surface area contributed by atoms with Crippen molar-refractivity contribution in [2.45, 2.75) is 84.3 Å². The van der Waals surface area contributed by atoms with Gasteiger partial charge in [0, 0.05) is 55.5 Å². The molecule has 3 aliphatic heterocycles. The van der Waals surface area contributed by atoms with E-state index in [1.807, 2.05) is 34.7 Å². The highest BCUT2D eigenvalue weighted by atomic mass is 19.4. The van der Waals surface area contributed by atoms with Gasteiger partial charge < -0.3 is 24.1 Å². The highest BCUT2D eigenvalue weighted by Gasteiger charge is 2.35. The van der Waals surface area contributed by atoms with Gasteiger partial charge in [0.15, 0.2) is 6.61 Å². The molecule has 0 bridgehead atoms. The number of para-hydroxylation sites is 1. The second kappa shape index (κ2) is 13.4. The van der Waals surface area contributed by atoms with Gasteiger partial charge in [0.1, 0.15) is 11.4 Å². The number of alkyl halides is 3. The van der Waals surface area contributed by atoms with Crippen molar-refractivity contribution >= 4 is 17.7 Å². The lowest BCUT2D eigenvalue weighted by Gasteiger charge is -2.41. The van der Waals surface area contributed by atoms with E-state index in [0.29, 0.717) is 30.8 Å². The van der Waals surface area contributed by atoms with Crippen molar-refractivity contribution in [3.05, 3.63) is 64.8 Å². The molecule has 0 N–H and O–H groups in total. The quantitative estimate of drug-likeness (QED) is 0.268. The number of carbonyl (C=O) groups excluding carboxylic acids is 2. The van der Waals surface area contributed by atoms with Gasteiger partial charge in [-0.25, -0.2) is 4.79 Å². The first-order chi connectivity index (χ1) is 22.8. The van der Waals surface area contributed by atoms with Gasteiger partial charge >= 0.3 is 12.3 Å². The Morgan fingerprint density at radius 2 is 1.75 bits per heavy atom. The maximum atomic E-state index is 13.3. The maximum Gasteiger partial charge on any atom is 0.528 e. The number of aromatic nitrogens is 2. The van der Waals surface area contributed by atoms with Crippen LogP contribution in [-0.2, 0) is 40.1 Å². The monoisotopic (exact) mass is 669 g/mol. The second-order valence-electron chi connectivity index (χ2n) is 13.6. The van der Waals surface area contributed by atoms with E-state index in [9.17, 15) is 22.8 Å². The first-order valence-corrected chi connectivity index (χ1v) is 16.5. The van der Waals surface area contributed by atoms with Gasteiger partial charge in [-0.1, -0.05) is 24.3 Å². The van der Waals surface area contributed by atoms with Crippen LogP contribution in [0.25, 0.3) is 11.3 Å². The molecule has 258 valence electrons. The number of fused-ring (bicyclic) bond motifs is 2. The summed E-state index contributed by atoms with van der Waals surface area (Å²) in [6.45, 7) is 11.2. The van der Waals surface area contributed by atoms with E-state index in [2.05, 4.69) is 4.90 Å². The summed E-state index contributed by atoms with van der Waals surface area (Å²) >= 11 is 0. The minimum Gasteiger partial charge on any atom is -0.482 e. The number of piperidine rings is 1. The van der Waals surface area contributed by atoms with E-state index >= 15 is 0 Å². The molecule has 3 aliphatic rings. The van der Waals surface area contributed by atoms with Gasteiger partial charge in [-0.15, -0.1) is 5.06 Å². The van der Waals surface area contributed by atoms with Crippen LogP contribution in [0.5, 0.6) is 5.75 Å². The third kappa shape index (κ3) is 7.46. The van der Waals surface area contributed by atoms with Crippen LogP contribution in [0, 0.1) is 6.92 Å². The van der Waals surface area contributed by atoms with Crippen molar-refractivity contribution < 1.29 is 37.1 Å². The molecule has 1 amide bonds. The second-order valence-corrected chi connectivity index (χ2v) is 13.6. The number of hydrogen-bond acceptors (Lipinski definition) is 8. The number of amides is 1. The summed E-state index contributed by atoms with van der Waals surface area (Å²) in [7, 11) is 0. The van der Waals surface area contributed by atoms with Crippen LogP contribution >= 0.6 is 0 Å². The Morgan fingerprint density at radius 1 is 1.02 bits per heavy atom. The molecule has 1 fully saturated rings. The van der Waals surface area contributed by atoms with E-state index in [4.69, 9.17) is 19.4 Å². The predicted molar refractivity (Wildman–Crippen MR) is 172 cm³/mol. The zero-order chi connectivity index (χ0) is 34.2. The van der Waals surface area contributed by atoms with E-state index in [1.165, 1.54) is 17.2 Å². The molecule has 48 heavy (non-hydrogen) atoms. The number of likely N-dealkylation sites (tertiary alicyclic amines) is 1. The van der Waals surface area contributed by atoms with Crippen LogP contribution in [0.15, 0.2) is 42.5 Å². The molecule has 0 saturated carbocycles. The van der Waals surface area contributed by atoms with Crippen molar-refractivity contribution in [3.8, 4) is 17.0 Å². The molecular formula is C35H42F3N5O5. The number of ether oxygens (including phenoxy) is 2. The molecule has 2 aromatic carbocycles. The Hall–Kier alpha value is -4.10. The van der Waals surface area contributed by atoms with Crippen LogP contribution in [0.4, 0.5) is 23.7 Å². The summed E-state index contributed by atoms with van der Waals surface area (Å²) in [5, 5.41) is 6.40. The minimum atomic E-state index is -4.44. The Morgan fingerprint density at radius 3 is 2.44 bits per heavy atom. The highest BCUT2D eigenvalue weighted by Crippen LogP contribution is 2.38. The number of nitrogens with zero attached hydrogens (tertiary/aromatic N) is 5. The van der Waals surface area contributed by atoms with Crippen molar-refractivity contribution in [3.63, 3.8) is 0 Å². The molecule has 0 unspecified atom stereocenters. The van der Waals surface area contributed by atoms with Gasteiger partial charge in [0.25, 0.3) is 5.91 Å². The Bertz CT molecular complexity index is 1640. The fourth-order valence-corrected chi connectivity index (χ4v) is 6.77. The fraction of sp³-hybridized carbons (Fsp3) is 0.514. The Balaban J connectivity index is 1.12. The van der Waals surface area contributed by atoms with Gasteiger partial charge in [0.2, 0.25) is 0 Å². The van der Waals surface area contributed by atoms with Crippen molar-refractivity contribution in [2.24, 2.45) is 0 Å². The van der Waals surface area contributed by atoms with Crippen LogP contribution in [0.2, 0.25) is 0 Å². The third-order valence-corrected chi connectivity index (χ3v) is 9.01. The lowest BCUT2D eigenvalue weighted by Crippen LogP contribution is -2.51. The molecule has 1 aromatic heterocycles. The average molecular weight is 670 g/mol. The van der Waals surface area contributed by atoms with Crippen LogP contribution < -0.4 is 9.64 Å². The Labute approximate surface area is 278 Å². The maximum absolute atomic E-state index is 13.3. The third-order valence-electron chi connectivity index (χ3n) is 9.01. The molecule has 4 heterocycles. The van der Waals surface area contributed by atoms with Crippen LogP contribution in [0.1, 0.15) is 62.4 Å². The average Bonchev–Trinajstić information content (AvgIpc) is 3.38. The molecule has 13 heteroatoms. The molecule has 10 nitrogen and oxygen atoms in total. The molecular weight excluding hydrogens is 627 g/mol. The van der Waals surface area contributed by atoms with Crippen molar-refractivity contribution in [1.29, 1.82) is 0 Å². The summed E-state index contributed by atoms with van der Waals surface area (Å²) in [5.41, 5.74) is 3.40. The zero-order valence-electron chi connectivity index (χ0n) is 27.8. The standard InChI is InChI=1S/C35H42F3N5O5/c1-23-7-5-8-29-32(23)43(30(44)22-46-29)26-13-18-40(19-14-26)16-6-17-42-28-15-20-41(48-33(45)47-34(2,3)4)21-27(28)31(39-42)24-9-11-25(12-10-24)35(36,37)38/h5,7-12,26H,6,13-22H2,1-4H3. The normalized spacial score (nSPS) is 17.9. The molecule has 1 saturated heterocycles. The summed E-state index contributed by atoms with van der Waals surface area (Å²) in [5.74, 6) is 0.757. The summed E-state index contributed by atoms with van der Waals surface area (Å²) < 4.78 is 52.8.